The van der Waals surface area contributed by atoms with E-state index >= 15 is 0 Å². The van der Waals surface area contributed by atoms with Gasteiger partial charge >= 0.3 is 0 Å². The fraction of sp³-hybridized carbons (Fsp3) is 0.235. The van der Waals surface area contributed by atoms with E-state index in [4.69, 9.17) is 4.74 Å². The predicted molar refractivity (Wildman–Crippen MR) is 77.0 cm³/mol. The standard InChI is InChI=1S/C17H17FO2/c1-3-12(2)13-4-7-16(8-5-13)20-17-9-6-15(18)10-14(17)11-19/h4-12H,3H2,1-2H3. The number of hydrogen-bond donors (Lipinski definition) is 0. The van der Waals surface area contributed by atoms with Gasteiger partial charge in [-0.2, -0.15) is 0 Å². The highest BCUT2D eigenvalue weighted by atomic mass is 19.1. The van der Waals surface area contributed by atoms with E-state index in [1.807, 2.05) is 24.3 Å². The van der Waals surface area contributed by atoms with Gasteiger partial charge in [0.05, 0.1) is 5.56 Å². The lowest BCUT2D eigenvalue weighted by atomic mass is 9.99. The molecular formula is C17H17FO2. The van der Waals surface area contributed by atoms with Crippen LogP contribution in [-0.4, -0.2) is 6.29 Å². The number of ether oxygens (including phenoxy) is 1. The van der Waals surface area contributed by atoms with Gasteiger partial charge in [-0.25, -0.2) is 4.39 Å². The van der Waals surface area contributed by atoms with E-state index in [0.29, 0.717) is 23.7 Å². The number of benzene rings is 2. The second kappa shape index (κ2) is 6.33. The SMILES string of the molecule is CCC(C)c1ccc(Oc2ccc(F)cc2C=O)cc1. The summed E-state index contributed by atoms with van der Waals surface area (Å²) in [6.45, 7) is 4.31. The van der Waals surface area contributed by atoms with Crippen molar-refractivity contribution in [3.8, 4) is 11.5 Å². The Balaban J connectivity index is 2.20. The molecule has 3 heteroatoms. The van der Waals surface area contributed by atoms with Crippen LogP contribution in [0.5, 0.6) is 11.5 Å². The van der Waals surface area contributed by atoms with Gasteiger partial charge in [-0.3, -0.25) is 4.79 Å². The summed E-state index contributed by atoms with van der Waals surface area (Å²) < 4.78 is 18.7. The summed E-state index contributed by atoms with van der Waals surface area (Å²) in [5.74, 6) is 1.04. The molecule has 0 aromatic heterocycles. The predicted octanol–water partition coefficient (Wildman–Crippen LogP) is 4.94. The van der Waals surface area contributed by atoms with Gasteiger partial charge in [-0.05, 0) is 48.2 Å². The number of halogens is 1. The van der Waals surface area contributed by atoms with Crippen LogP contribution in [0.25, 0.3) is 0 Å². The monoisotopic (exact) mass is 272 g/mol. The summed E-state index contributed by atoms with van der Waals surface area (Å²) in [6.07, 6.45) is 1.67. The summed E-state index contributed by atoms with van der Waals surface area (Å²) in [5.41, 5.74) is 1.45. The molecule has 0 radical (unpaired) electrons. The lowest BCUT2D eigenvalue weighted by molar-refractivity contribution is 0.112. The van der Waals surface area contributed by atoms with E-state index < -0.39 is 5.82 Å². The van der Waals surface area contributed by atoms with Gasteiger partial charge in [-0.1, -0.05) is 26.0 Å². The molecule has 0 aliphatic carbocycles. The summed E-state index contributed by atoms with van der Waals surface area (Å²) in [4.78, 5) is 10.9. The molecule has 0 saturated carbocycles. The minimum Gasteiger partial charge on any atom is -0.457 e. The molecule has 0 N–H and O–H groups in total. The Hall–Kier alpha value is -2.16. The van der Waals surface area contributed by atoms with Crippen molar-refractivity contribution in [1.29, 1.82) is 0 Å². The van der Waals surface area contributed by atoms with Crippen molar-refractivity contribution in [3.63, 3.8) is 0 Å². The minimum absolute atomic E-state index is 0.205. The van der Waals surface area contributed by atoms with Gasteiger partial charge < -0.3 is 4.74 Å². The Morgan fingerprint density at radius 1 is 1.20 bits per heavy atom. The zero-order chi connectivity index (χ0) is 14.5. The lowest BCUT2D eigenvalue weighted by Crippen LogP contribution is -1.93. The number of carbonyl (C=O) groups excluding carboxylic acids is 1. The first kappa shape index (κ1) is 14.3. The fourth-order valence-corrected chi connectivity index (χ4v) is 1.93. The van der Waals surface area contributed by atoms with Gasteiger partial charge in [0.25, 0.3) is 0 Å². The maximum absolute atomic E-state index is 13.0. The number of hydrogen-bond acceptors (Lipinski definition) is 2. The van der Waals surface area contributed by atoms with Crippen LogP contribution in [0.1, 0.15) is 42.1 Å². The van der Waals surface area contributed by atoms with E-state index in [-0.39, 0.29) is 5.56 Å². The van der Waals surface area contributed by atoms with Crippen LogP contribution in [0.4, 0.5) is 4.39 Å². The third-order valence-corrected chi connectivity index (χ3v) is 3.39. The van der Waals surface area contributed by atoms with Crippen LogP contribution in [0.2, 0.25) is 0 Å². The molecule has 1 unspecified atom stereocenters. The summed E-state index contributed by atoms with van der Waals surface area (Å²) >= 11 is 0. The zero-order valence-corrected chi connectivity index (χ0v) is 11.6. The highest BCUT2D eigenvalue weighted by Gasteiger charge is 2.07. The Bertz CT molecular complexity index is 590. The van der Waals surface area contributed by atoms with Crippen molar-refractivity contribution in [2.24, 2.45) is 0 Å². The quantitative estimate of drug-likeness (QED) is 0.720. The molecule has 0 aliphatic heterocycles. The fourth-order valence-electron chi connectivity index (χ4n) is 1.93. The third kappa shape index (κ3) is 3.23. The maximum Gasteiger partial charge on any atom is 0.153 e. The van der Waals surface area contributed by atoms with Crippen LogP contribution >= 0.6 is 0 Å². The van der Waals surface area contributed by atoms with Crippen molar-refractivity contribution < 1.29 is 13.9 Å². The molecule has 2 aromatic rings. The average molecular weight is 272 g/mol. The van der Waals surface area contributed by atoms with Gasteiger partial charge in [0.15, 0.2) is 6.29 Å². The molecule has 0 amide bonds. The van der Waals surface area contributed by atoms with Gasteiger partial charge in [0, 0.05) is 0 Å². The molecule has 104 valence electrons. The van der Waals surface area contributed by atoms with Crippen LogP contribution in [-0.2, 0) is 0 Å². The highest BCUT2D eigenvalue weighted by Crippen LogP contribution is 2.27. The number of carbonyl (C=O) groups is 1. The second-order valence-electron chi connectivity index (χ2n) is 4.78. The minimum atomic E-state index is -0.452. The Morgan fingerprint density at radius 3 is 2.50 bits per heavy atom. The summed E-state index contributed by atoms with van der Waals surface area (Å²) in [7, 11) is 0. The molecule has 0 fully saturated rings. The van der Waals surface area contributed by atoms with Crippen LogP contribution in [0, 0.1) is 5.82 Å². The van der Waals surface area contributed by atoms with Crippen molar-refractivity contribution in [2.45, 2.75) is 26.2 Å². The lowest BCUT2D eigenvalue weighted by Gasteiger charge is -2.11. The van der Waals surface area contributed by atoms with E-state index in [2.05, 4.69) is 13.8 Å². The molecule has 2 aromatic carbocycles. The Kier molecular flexibility index (Phi) is 4.51. The smallest absolute Gasteiger partial charge is 0.153 e. The highest BCUT2D eigenvalue weighted by molar-refractivity contribution is 5.79. The van der Waals surface area contributed by atoms with Crippen molar-refractivity contribution >= 4 is 6.29 Å². The molecule has 1 atom stereocenters. The van der Waals surface area contributed by atoms with E-state index in [1.165, 1.54) is 17.7 Å². The molecule has 0 heterocycles. The van der Waals surface area contributed by atoms with Crippen molar-refractivity contribution in [2.75, 3.05) is 0 Å². The first-order chi connectivity index (χ1) is 9.63. The summed E-state index contributed by atoms with van der Waals surface area (Å²) in [6, 6.07) is 11.6. The molecule has 2 rings (SSSR count). The molecular weight excluding hydrogens is 255 g/mol. The van der Waals surface area contributed by atoms with Gasteiger partial charge in [0.2, 0.25) is 0 Å². The van der Waals surface area contributed by atoms with Crippen LogP contribution in [0.15, 0.2) is 42.5 Å². The van der Waals surface area contributed by atoms with Crippen LogP contribution < -0.4 is 4.74 Å². The maximum atomic E-state index is 13.0. The first-order valence-corrected chi connectivity index (χ1v) is 6.66. The van der Waals surface area contributed by atoms with Crippen molar-refractivity contribution in [1.82, 2.24) is 0 Å². The zero-order valence-electron chi connectivity index (χ0n) is 11.6. The van der Waals surface area contributed by atoms with Gasteiger partial charge in [0.1, 0.15) is 17.3 Å². The third-order valence-electron chi connectivity index (χ3n) is 3.39. The van der Waals surface area contributed by atoms with E-state index in [9.17, 15) is 9.18 Å². The first-order valence-electron chi connectivity index (χ1n) is 6.66. The van der Waals surface area contributed by atoms with Gasteiger partial charge in [-0.15, -0.1) is 0 Å². The molecule has 0 bridgehead atoms. The van der Waals surface area contributed by atoms with Crippen LogP contribution in [0.3, 0.4) is 0 Å². The largest absolute Gasteiger partial charge is 0.457 e. The molecule has 2 nitrogen and oxygen atoms in total. The van der Waals surface area contributed by atoms with E-state index in [0.717, 1.165) is 12.5 Å². The molecule has 20 heavy (non-hydrogen) atoms. The molecule has 0 saturated heterocycles. The molecule has 0 aliphatic rings. The number of rotatable bonds is 5. The van der Waals surface area contributed by atoms with Crippen molar-refractivity contribution in [3.05, 3.63) is 59.4 Å². The van der Waals surface area contributed by atoms with E-state index in [1.54, 1.807) is 0 Å². The Morgan fingerprint density at radius 2 is 1.90 bits per heavy atom. The molecule has 0 spiro atoms. The topological polar surface area (TPSA) is 26.3 Å². The Labute approximate surface area is 118 Å². The average Bonchev–Trinajstić information content (AvgIpc) is 2.49. The second-order valence-corrected chi connectivity index (χ2v) is 4.78. The number of aldehydes is 1. The summed E-state index contributed by atoms with van der Waals surface area (Å²) in [5, 5.41) is 0. The normalized spacial score (nSPS) is 11.9.